The molecule has 0 aliphatic rings. The van der Waals surface area contributed by atoms with Gasteiger partial charge in [0.2, 0.25) is 0 Å². The van der Waals surface area contributed by atoms with E-state index < -0.39 is 6.10 Å². The van der Waals surface area contributed by atoms with Crippen molar-refractivity contribution in [3.63, 3.8) is 0 Å². The Morgan fingerprint density at radius 3 is 2.11 bits per heavy atom. The zero-order valence-corrected chi connectivity index (χ0v) is 11.9. The maximum absolute atomic E-state index is 10.5. The molecular formula is C18H22O. The highest BCUT2D eigenvalue weighted by molar-refractivity contribution is 5.35. The first kappa shape index (κ1) is 13.8. The molecule has 0 radical (unpaired) electrons. The molecule has 100 valence electrons. The van der Waals surface area contributed by atoms with Crippen molar-refractivity contribution in [1.82, 2.24) is 0 Å². The highest BCUT2D eigenvalue weighted by Crippen LogP contribution is 2.30. The van der Waals surface area contributed by atoms with Crippen LogP contribution in [0.5, 0.6) is 0 Å². The van der Waals surface area contributed by atoms with Gasteiger partial charge in [-0.2, -0.15) is 0 Å². The summed E-state index contributed by atoms with van der Waals surface area (Å²) in [6.07, 6.45) is 0.214. The lowest BCUT2D eigenvalue weighted by Gasteiger charge is -2.25. The summed E-state index contributed by atoms with van der Waals surface area (Å²) in [5, 5.41) is 10.5. The van der Waals surface area contributed by atoms with E-state index in [-0.39, 0.29) is 5.41 Å². The smallest absolute Gasteiger partial charge is 0.0833 e. The molecule has 0 amide bonds. The fourth-order valence-electron chi connectivity index (χ4n) is 2.42. The van der Waals surface area contributed by atoms with Gasteiger partial charge < -0.3 is 5.11 Å². The molecule has 1 atom stereocenters. The highest BCUT2D eigenvalue weighted by Gasteiger charge is 2.21. The fraction of sp³-hybridized carbons (Fsp3) is 0.333. The molecule has 0 aliphatic carbocycles. The number of aliphatic hydroxyl groups excluding tert-OH is 1. The quantitative estimate of drug-likeness (QED) is 0.867. The first-order valence-corrected chi connectivity index (χ1v) is 6.80. The van der Waals surface area contributed by atoms with Crippen molar-refractivity contribution in [2.75, 3.05) is 0 Å². The molecule has 0 bridgehead atoms. The minimum absolute atomic E-state index is 0.0499. The Bertz CT molecular complexity index is 523. The van der Waals surface area contributed by atoms with Crippen LogP contribution >= 0.6 is 0 Å². The predicted molar refractivity (Wildman–Crippen MR) is 80.2 cm³/mol. The molecule has 0 spiro atoms. The third kappa shape index (κ3) is 3.45. The van der Waals surface area contributed by atoms with Crippen LogP contribution in [0, 0.1) is 0 Å². The summed E-state index contributed by atoms with van der Waals surface area (Å²) >= 11 is 0. The standard InChI is InChI=1S/C18H22O/c1-18(2,3)16-12-8-7-11-15(16)17(19)13-14-9-5-4-6-10-14/h4-12,17,19H,13H2,1-3H3. The van der Waals surface area contributed by atoms with Crippen LogP contribution in [0.25, 0.3) is 0 Å². The molecule has 0 fully saturated rings. The molecule has 0 aromatic heterocycles. The Morgan fingerprint density at radius 2 is 1.47 bits per heavy atom. The van der Waals surface area contributed by atoms with Crippen molar-refractivity contribution >= 4 is 0 Å². The van der Waals surface area contributed by atoms with Crippen molar-refractivity contribution in [3.8, 4) is 0 Å². The van der Waals surface area contributed by atoms with Gasteiger partial charge in [-0.05, 0) is 22.1 Å². The van der Waals surface area contributed by atoms with Gasteiger partial charge in [0.05, 0.1) is 6.10 Å². The van der Waals surface area contributed by atoms with E-state index in [9.17, 15) is 5.11 Å². The van der Waals surface area contributed by atoms with Crippen LogP contribution in [0.1, 0.15) is 43.6 Å². The molecule has 1 nitrogen and oxygen atoms in total. The summed E-state index contributed by atoms with van der Waals surface area (Å²) in [6.45, 7) is 6.54. The monoisotopic (exact) mass is 254 g/mol. The average molecular weight is 254 g/mol. The van der Waals surface area contributed by atoms with E-state index in [4.69, 9.17) is 0 Å². The van der Waals surface area contributed by atoms with Crippen LogP contribution in [0.3, 0.4) is 0 Å². The van der Waals surface area contributed by atoms with Crippen molar-refractivity contribution in [2.24, 2.45) is 0 Å². The maximum atomic E-state index is 10.5. The zero-order valence-electron chi connectivity index (χ0n) is 11.9. The second kappa shape index (κ2) is 5.58. The Balaban J connectivity index is 2.27. The van der Waals surface area contributed by atoms with E-state index in [1.807, 2.05) is 36.4 Å². The Hall–Kier alpha value is -1.60. The fourth-order valence-corrected chi connectivity index (χ4v) is 2.42. The van der Waals surface area contributed by atoms with E-state index in [1.54, 1.807) is 0 Å². The molecule has 2 aromatic carbocycles. The first-order valence-electron chi connectivity index (χ1n) is 6.80. The predicted octanol–water partition coefficient (Wildman–Crippen LogP) is 4.26. The van der Waals surface area contributed by atoms with Gasteiger partial charge in [-0.3, -0.25) is 0 Å². The second-order valence-corrected chi connectivity index (χ2v) is 6.04. The molecule has 0 heterocycles. The van der Waals surface area contributed by atoms with Gasteiger partial charge >= 0.3 is 0 Å². The van der Waals surface area contributed by atoms with Gasteiger partial charge in [0.15, 0.2) is 0 Å². The summed E-state index contributed by atoms with van der Waals surface area (Å²) in [7, 11) is 0. The van der Waals surface area contributed by atoms with E-state index in [0.717, 1.165) is 5.56 Å². The Labute approximate surface area is 115 Å². The molecule has 1 heteroatoms. The molecule has 2 rings (SSSR count). The number of benzene rings is 2. The van der Waals surface area contributed by atoms with Crippen LogP contribution < -0.4 is 0 Å². The van der Waals surface area contributed by atoms with E-state index in [2.05, 4.69) is 39.0 Å². The number of hydrogen-bond acceptors (Lipinski definition) is 1. The van der Waals surface area contributed by atoms with Gasteiger partial charge in [-0.25, -0.2) is 0 Å². The van der Waals surface area contributed by atoms with Crippen molar-refractivity contribution in [2.45, 2.75) is 38.7 Å². The summed E-state index contributed by atoms with van der Waals surface area (Å²) in [5.74, 6) is 0. The Morgan fingerprint density at radius 1 is 0.895 bits per heavy atom. The summed E-state index contributed by atoms with van der Waals surface area (Å²) in [6, 6.07) is 18.3. The summed E-state index contributed by atoms with van der Waals surface area (Å²) in [5.41, 5.74) is 3.48. The lowest BCUT2D eigenvalue weighted by molar-refractivity contribution is 0.176. The average Bonchev–Trinajstić information content (AvgIpc) is 2.39. The molecule has 1 unspecified atom stereocenters. The SMILES string of the molecule is CC(C)(C)c1ccccc1C(O)Cc1ccccc1. The van der Waals surface area contributed by atoms with Crippen LogP contribution in [0.4, 0.5) is 0 Å². The third-order valence-corrected chi connectivity index (χ3v) is 3.40. The normalized spacial score (nSPS) is 13.3. The largest absolute Gasteiger partial charge is 0.388 e. The third-order valence-electron chi connectivity index (χ3n) is 3.40. The minimum Gasteiger partial charge on any atom is -0.388 e. The van der Waals surface area contributed by atoms with Gasteiger partial charge in [0.1, 0.15) is 0 Å². The lowest BCUT2D eigenvalue weighted by atomic mass is 9.81. The van der Waals surface area contributed by atoms with Crippen molar-refractivity contribution in [1.29, 1.82) is 0 Å². The van der Waals surface area contributed by atoms with Gasteiger partial charge in [0, 0.05) is 6.42 Å². The summed E-state index contributed by atoms with van der Waals surface area (Å²) in [4.78, 5) is 0. The highest BCUT2D eigenvalue weighted by atomic mass is 16.3. The summed E-state index contributed by atoms with van der Waals surface area (Å²) < 4.78 is 0. The van der Waals surface area contributed by atoms with E-state index >= 15 is 0 Å². The number of hydrogen-bond donors (Lipinski definition) is 1. The van der Waals surface area contributed by atoms with Gasteiger partial charge in [-0.1, -0.05) is 75.4 Å². The van der Waals surface area contributed by atoms with Crippen LogP contribution in [0.2, 0.25) is 0 Å². The second-order valence-electron chi connectivity index (χ2n) is 6.04. The molecule has 0 aliphatic heterocycles. The molecule has 1 N–H and O–H groups in total. The van der Waals surface area contributed by atoms with Gasteiger partial charge in [-0.15, -0.1) is 0 Å². The molecule has 0 saturated carbocycles. The molecular weight excluding hydrogens is 232 g/mol. The maximum Gasteiger partial charge on any atom is 0.0833 e. The first-order chi connectivity index (χ1) is 8.98. The lowest BCUT2D eigenvalue weighted by Crippen LogP contribution is -2.16. The van der Waals surface area contributed by atoms with E-state index in [0.29, 0.717) is 6.42 Å². The van der Waals surface area contributed by atoms with Crippen molar-refractivity contribution in [3.05, 3.63) is 71.3 Å². The van der Waals surface area contributed by atoms with Gasteiger partial charge in [0.25, 0.3) is 0 Å². The molecule has 2 aromatic rings. The van der Waals surface area contributed by atoms with E-state index in [1.165, 1.54) is 11.1 Å². The topological polar surface area (TPSA) is 20.2 Å². The van der Waals surface area contributed by atoms with Crippen LogP contribution in [-0.4, -0.2) is 5.11 Å². The van der Waals surface area contributed by atoms with Crippen LogP contribution in [0.15, 0.2) is 54.6 Å². The number of rotatable bonds is 3. The molecule has 19 heavy (non-hydrogen) atoms. The van der Waals surface area contributed by atoms with Crippen molar-refractivity contribution < 1.29 is 5.11 Å². The Kier molecular flexibility index (Phi) is 4.06. The van der Waals surface area contributed by atoms with Crippen LogP contribution in [-0.2, 0) is 11.8 Å². The zero-order chi connectivity index (χ0) is 13.9. The molecule has 0 saturated heterocycles. The minimum atomic E-state index is -0.446. The number of aliphatic hydroxyl groups is 1.